The zero-order valence-electron chi connectivity index (χ0n) is 9.73. The van der Waals surface area contributed by atoms with E-state index in [1.807, 2.05) is 0 Å². The van der Waals surface area contributed by atoms with Crippen LogP contribution in [0, 0.1) is 11.3 Å². The summed E-state index contributed by atoms with van der Waals surface area (Å²) in [6, 6.07) is -0.649. The Hall–Kier alpha value is -0.660. The Labute approximate surface area is 96.9 Å². The Morgan fingerprint density at radius 2 is 2.00 bits per heavy atom. The van der Waals surface area contributed by atoms with Gasteiger partial charge in [-0.2, -0.15) is 17.4 Å². The van der Waals surface area contributed by atoms with E-state index in [1.54, 1.807) is 6.92 Å². The minimum atomic E-state index is -3.49. The van der Waals surface area contributed by atoms with Crippen molar-refractivity contribution in [1.29, 1.82) is 5.41 Å². The maximum absolute atomic E-state index is 11.9. The highest BCUT2D eigenvalue weighted by molar-refractivity contribution is 7.87. The van der Waals surface area contributed by atoms with Gasteiger partial charge in [-0.3, -0.25) is 5.41 Å². The molecule has 0 radical (unpaired) electrons. The van der Waals surface area contributed by atoms with Gasteiger partial charge in [-0.05, 0) is 25.7 Å². The monoisotopic (exact) mass is 248 g/mol. The van der Waals surface area contributed by atoms with Crippen molar-refractivity contribution in [3.8, 4) is 0 Å². The van der Waals surface area contributed by atoms with Crippen LogP contribution < -0.4 is 10.5 Å². The fourth-order valence-corrected chi connectivity index (χ4v) is 3.00. The van der Waals surface area contributed by atoms with E-state index in [2.05, 4.69) is 11.6 Å². The molecule has 1 unspecified atom stereocenters. The largest absolute Gasteiger partial charge is 0.386 e. The molecule has 6 nitrogen and oxygen atoms in total. The number of hydrogen-bond acceptors (Lipinski definition) is 3. The summed E-state index contributed by atoms with van der Waals surface area (Å²) < 4.78 is 27.6. The molecule has 94 valence electrons. The fourth-order valence-electron chi connectivity index (χ4n) is 1.59. The van der Waals surface area contributed by atoms with E-state index in [9.17, 15) is 8.42 Å². The fraction of sp³-hybridized carbons (Fsp3) is 0.889. The van der Waals surface area contributed by atoms with Gasteiger partial charge < -0.3 is 5.73 Å². The molecule has 4 N–H and O–H groups in total. The minimum absolute atomic E-state index is 0.172. The number of piperidine rings is 1. The molecular weight excluding hydrogens is 228 g/mol. The second-order valence-electron chi connectivity index (χ2n) is 4.38. The molecule has 0 aliphatic carbocycles. The summed E-state index contributed by atoms with van der Waals surface area (Å²) in [6.45, 7) is 4.77. The maximum atomic E-state index is 11.9. The third-order valence-electron chi connectivity index (χ3n) is 2.87. The first-order valence-corrected chi connectivity index (χ1v) is 6.88. The normalized spacial score (nSPS) is 21.9. The molecule has 1 aliphatic rings. The SMILES string of the molecule is CC1CCN(S(=O)(=O)NC(C)C(=N)N)CC1. The third kappa shape index (κ3) is 3.43. The summed E-state index contributed by atoms with van der Waals surface area (Å²) >= 11 is 0. The van der Waals surface area contributed by atoms with E-state index in [1.165, 1.54) is 4.31 Å². The standard InChI is InChI=1S/C9H20N4O2S/c1-7-3-5-13(6-4-7)16(14,15)12-8(2)9(10)11/h7-8,12H,3-6H2,1-2H3,(H3,10,11). The van der Waals surface area contributed by atoms with Crippen molar-refractivity contribution in [2.75, 3.05) is 13.1 Å². The molecule has 0 saturated carbocycles. The Bertz CT molecular complexity index is 347. The van der Waals surface area contributed by atoms with Crippen molar-refractivity contribution in [3.05, 3.63) is 0 Å². The number of nitrogens with zero attached hydrogens (tertiary/aromatic N) is 1. The quantitative estimate of drug-likeness (QED) is 0.477. The molecule has 1 saturated heterocycles. The third-order valence-corrected chi connectivity index (χ3v) is 4.57. The molecule has 1 heterocycles. The molecule has 0 bridgehead atoms. The predicted octanol–water partition coefficient (Wildman–Crippen LogP) is -0.123. The molecular formula is C9H20N4O2S. The summed E-state index contributed by atoms with van der Waals surface area (Å²) in [5.41, 5.74) is 5.23. The molecule has 1 atom stereocenters. The average molecular weight is 248 g/mol. The van der Waals surface area contributed by atoms with E-state index in [0.29, 0.717) is 19.0 Å². The van der Waals surface area contributed by atoms with Gasteiger partial charge in [0.2, 0.25) is 0 Å². The summed E-state index contributed by atoms with van der Waals surface area (Å²) in [7, 11) is -3.49. The molecule has 0 aromatic carbocycles. The lowest BCUT2D eigenvalue weighted by molar-refractivity contribution is 0.284. The second kappa shape index (κ2) is 5.11. The zero-order chi connectivity index (χ0) is 12.3. The highest BCUT2D eigenvalue weighted by atomic mass is 32.2. The van der Waals surface area contributed by atoms with E-state index >= 15 is 0 Å². The van der Waals surface area contributed by atoms with E-state index in [-0.39, 0.29) is 5.84 Å². The number of amidine groups is 1. The van der Waals surface area contributed by atoms with Crippen molar-refractivity contribution in [1.82, 2.24) is 9.03 Å². The van der Waals surface area contributed by atoms with Gasteiger partial charge in [0.15, 0.2) is 0 Å². The molecule has 1 aliphatic heterocycles. The summed E-state index contributed by atoms with van der Waals surface area (Å²) in [6.07, 6.45) is 1.77. The average Bonchev–Trinajstić information content (AvgIpc) is 2.17. The summed E-state index contributed by atoms with van der Waals surface area (Å²) in [5.74, 6) is 0.408. The highest BCUT2D eigenvalue weighted by Gasteiger charge is 2.27. The van der Waals surface area contributed by atoms with Crippen molar-refractivity contribution in [3.63, 3.8) is 0 Å². The van der Waals surface area contributed by atoms with Crippen LogP contribution in [0.15, 0.2) is 0 Å². The number of rotatable bonds is 4. The van der Waals surface area contributed by atoms with E-state index in [4.69, 9.17) is 11.1 Å². The van der Waals surface area contributed by atoms with Crippen LogP contribution in [0.1, 0.15) is 26.7 Å². The van der Waals surface area contributed by atoms with Gasteiger partial charge in [0.05, 0.1) is 6.04 Å². The van der Waals surface area contributed by atoms with Crippen LogP contribution in [-0.2, 0) is 10.2 Å². The van der Waals surface area contributed by atoms with Gasteiger partial charge in [-0.15, -0.1) is 0 Å². The molecule has 0 aromatic rings. The van der Waals surface area contributed by atoms with Crippen LogP contribution in [-0.4, -0.2) is 37.7 Å². The van der Waals surface area contributed by atoms with E-state index in [0.717, 1.165) is 12.8 Å². The van der Waals surface area contributed by atoms with Crippen LogP contribution in [0.3, 0.4) is 0 Å². The Morgan fingerprint density at radius 1 is 1.50 bits per heavy atom. The van der Waals surface area contributed by atoms with Crippen LogP contribution in [0.5, 0.6) is 0 Å². The molecule has 7 heteroatoms. The van der Waals surface area contributed by atoms with Crippen molar-refractivity contribution in [2.24, 2.45) is 11.7 Å². The van der Waals surface area contributed by atoms with Crippen LogP contribution in [0.2, 0.25) is 0 Å². The summed E-state index contributed by atoms with van der Waals surface area (Å²) in [4.78, 5) is 0. The number of hydrogen-bond donors (Lipinski definition) is 3. The molecule has 0 spiro atoms. The summed E-state index contributed by atoms with van der Waals surface area (Å²) in [5, 5.41) is 7.16. The second-order valence-corrected chi connectivity index (χ2v) is 6.08. The van der Waals surface area contributed by atoms with Crippen molar-refractivity contribution < 1.29 is 8.42 Å². The van der Waals surface area contributed by atoms with Crippen molar-refractivity contribution in [2.45, 2.75) is 32.7 Å². The Kier molecular flexibility index (Phi) is 4.28. The smallest absolute Gasteiger partial charge is 0.280 e. The first-order valence-electron chi connectivity index (χ1n) is 5.44. The predicted molar refractivity (Wildman–Crippen MR) is 63.4 cm³/mol. The Morgan fingerprint density at radius 3 is 2.44 bits per heavy atom. The molecule has 1 fully saturated rings. The molecule has 16 heavy (non-hydrogen) atoms. The van der Waals surface area contributed by atoms with Crippen LogP contribution >= 0.6 is 0 Å². The van der Waals surface area contributed by atoms with Crippen LogP contribution in [0.25, 0.3) is 0 Å². The molecule has 0 aromatic heterocycles. The lowest BCUT2D eigenvalue weighted by Crippen LogP contribution is -2.50. The minimum Gasteiger partial charge on any atom is -0.386 e. The van der Waals surface area contributed by atoms with Gasteiger partial charge in [0.1, 0.15) is 5.84 Å². The van der Waals surface area contributed by atoms with Gasteiger partial charge in [-0.25, -0.2) is 0 Å². The zero-order valence-corrected chi connectivity index (χ0v) is 10.5. The van der Waals surface area contributed by atoms with Gasteiger partial charge in [0.25, 0.3) is 10.2 Å². The van der Waals surface area contributed by atoms with Gasteiger partial charge in [-0.1, -0.05) is 6.92 Å². The van der Waals surface area contributed by atoms with Gasteiger partial charge in [0, 0.05) is 13.1 Å². The topological polar surface area (TPSA) is 99.3 Å². The lowest BCUT2D eigenvalue weighted by atomic mass is 10.0. The first-order chi connectivity index (χ1) is 7.33. The Balaban J connectivity index is 2.60. The maximum Gasteiger partial charge on any atom is 0.280 e. The molecule has 1 rings (SSSR count). The molecule has 0 amide bonds. The highest BCUT2D eigenvalue weighted by Crippen LogP contribution is 2.17. The first kappa shape index (κ1) is 13.4. The van der Waals surface area contributed by atoms with Crippen molar-refractivity contribution >= 4 is 16.0 Å². The number of nitrogens with one attached hydrogen (secondary N) is 2. The van der Waals surface area contributed by atoms with Gasteiger partial charge >= 0.3 is 0 Å². The number of nitrogens with two attached hydrogens (primary N) is 1. The lowest BCUT2D eigenvalue weighted by Gasteiger charge is -2.30. The van der Waals surface area contributed by atoms with E-state index < -0.39 is 16.3 Å². The van der Waals surface area contributed by atoms with Crippen LogP contribution in [0.4, 0.5) is 0 Å².